The molecular formula is C12H18ClNO. The molecule has 0 saturated carbocycles. The predicted molar refractivity (Wildman–Crippen MR) is 64.1 cm³/mol. The highest BCUT2D eigenvalue weighted by Gasteiger charge is 2.06. The van der Waals surface area contributed by atoms with Crippen LogP contribution in [-0.4, -0.2) is 12.7 Å². The second kappa shape index (κ2) is 6.11. The zero-order chi connectivity index (χ0) is 11.3. The summed E-state index contributed by atoms with van der Waals surface area (Å²) < 4.78 is 5.45. The van der Waals surface area contributed by atoms with E-state index in [-0.39, 0.29) is 12.1 Å². The third-order valence-electron chi connectivity index (χ3n) is 2.16. The number of nitrogens with two attached hydrogens (primary N) is 1. The summed E-state index contributed by atoms with van der Waals surface area (Å²) in [6, 6.07) is 7.67. The number of ether oxygens (including phenoxy) is 1. The van der Waals surface area contributed by atoms with Gasteiger partial charge in [0.1, 0.15) is 0 Å². The molecule has 1 atom stereocenters. The molecule has 1 aromatic rings. The van der Waals surface area contributed by atoms with E-state index in [1.807, 2.05) is 38.1 Å². The number of hydrogen-bond acceptors (Lipinski definition) is 2. The molecule has 3 heteroatoms. The lowest BCUT2D eigenvalue weighted by Gasteiger charge is -2.13. The second-order valence-electron chi connectivity index (χ2n) is 3.87. The van der Waals surface area contributed by atoms with Gasteiger partial charge in [0.25, 0.3) is 0 Å². The van der Waals surface area contributed by atoms with Crippen LogP contribution >= 0.6 is 11.6 Å². The van der Waals surface area contributed by atoms with E-state index in [4.69, 9.17) is 22.1 Å². The van der Waals surface area contributed by atoms with Gasteiger partial charge in [0.05, 0.1) is 6.10 Å². The van der Waals surface area contributed by atoms with Gasteiger partial charge in [0.2, 0.25) is 0 Å². The lowest BCUT2D eigenvalue weighted by Crippen LogP contribution is -2.14. The average molecular weight is 228 g/mol. The monoisotopic (exact) mass is 227 g/mol. The van der Waals surface area contributed by atoms with Crippen LogP contribution in [0.25, 0.3) is 0 Å². The molecule has 1 rings (SSSR count). The van der Waals surface area contributed by atoms with Crippen molar-refractivity contribution in [1.82, 2.24) is 0 Å². The molecule has 0 amide bonds. The van der Waals surface area contributed by atoms with E-state index in [2.05, 4.69) is 0 Å². The maximum atomic E-state index is 6.01. The van der Waals surface area contributed by atoms with Crippen LogP contribution in [0.3, 0.4) is 0 Å². The number of benzene rings is 1. The molecule has 0 heterocycles. The molecule has 0 aromatic heterocycles. The minimum absolute atomic E-state index is 0.00227. The van der Waals surface area contributed by atoms with Crippen molar-refractivity contribution in [2.75, 3.05) is 6.61 Å². The van der Waals surface area contributed by atoms with Crippen LogP contribution in [0.2, 0.25) is 5.02 Å². The maximum absolute atomic E-state index is 6.01. The lowest BCUT2D eigenvalue weighted by molar-refractivity contribution is 0.0736. The smallest absolute Gasteiger partial charge is 0.0518 e. The Morgan fingerprint density at radius 3 is 2.73 bits per heavy atom. The molecule has 2 nitrogen and oxygen atoms in total. The summed E-state index contributed by atoms with van der Waals surface area (Å²) in [7, 11) is 0. The Balaban J connectivity index is 2.43. The van der Waals surface area contributed by atoms with E-state index in [0.29, 0.717) is 6.61 Å². The largest absolute Gasteiger partial charge is 0.379 e. The zero-order valence-corrected chi connectivity index (χ0v) is 10.00. The first-order valence-electron chi connectivity index (χ1n) is 5.22. The van der Waals surface area contributed by atoms with Gasteiger partial charge >= 0.3 is 0 Å². The molecule has 0 spiro atoms. The van der Waals surface area contributed by atoms with Crippen molar-refractivity contribution in [3.05, 3.63) is 34.9 Å². The highest BCUT2D eigenvalue weighted by Crippen LogP contribution is 2.18. The van der Waals surface area contributed by atoms with Crippen molar-refractivity contribution < 1.29 is 4.74 Å². The van der Waals surface area contributed by atoms with Crippen molar-refractivity contribution in [3.8, 4) is 0 Å². The Morgan fingerprint density at radius 2 is 2.13 bits per heavy atom. The van der Waals surface area contributed by atoms with Crippen molar-refractivity contribution in [3.63, 3.8) is 0 Å². The van der Waals surface area contributed by atoms with Crippen molar-refractivity contribution in [1.29, 1.82) is 0 Å². The van der Waals surface area contributed by atoms with Crippen LogP contribution in [0.1, 0.15) is 31.9 Å². The zero-order valence-electron chi connectivity index (χ0n) is 9.24. The van der Waals surface area contributed by atoms with Gasteiger partial charge in [-0.2, -0.15) is 0 Å². The summed E-state index contributed by atoms with van der Waals surface area (Å²) in [6.07, 6.45) is 1.08. The highest BCUT2D eigenvalue weighted by atomic mass is 35.5. The molecule has 1 aromatic carbocycles. The first-order chi connectivity index (χ1) is 7.09. The quantitative estimate of drug-likeness (QED) is 0.839. The van der Waals surface area contributed by atoms with Crippen LogP contribution in [0.15, 0.2) is 24.3 Å². The van der Waals surface area contributed by atoms with Gasteiger partial charge in [-0.3, -0.25) is 0 Å². The first-order valence-corrected chi connectivity index (χ1v) is 5.60. The predicted octanol–water partition coefficient (Wildman–Crippen LogP) is 3.15. The molecule has 0 saturated heterocycles. The summed E-state index contributed by atoms with van der Waals surface area (Å²) in [4.78, 5) is 0. The van der Waals surface area contributed by atoms with E-state index in [9.17, 15) is 0 Å². The number of halogens is 1. The highest BCUT2D eigenvalue weighted by molar-refractivity contribution is 6.30. The van der Waals surface area contributed by atoms with Gasteiger partial charge in [-0.05, 0) is 38.0 Å². The van der Waals surface area contributed by atoms with Crippen LogP contribution in [0, 0.1) is 0 Å². The molecule has 0 aliphatic rings. The standard InChI is InChI=1S/C12H18ClNO/c1-9(2)15-7-6-12(14)10-4-3-5-11(13)8-10/h3-5,8-9,12H,6-7,14H2,1-2H3. The second-order valence-corrected chi connectivity index (χ2v) is 4.31. The Labute approximate surface area is 96.4 Å². The Kier molecular flexibility index (Phi) is 5.09. The van der Waals surface area contributed by atoms with Crippen molar-refractivity contribution >= 4 is 11.6 Å². The summed E-state index contributed by atoms with van der Waals surface area (Å²) in [5.41, 5.74) is 7.08. The lowest BCUT2D eigenvalue weighted by atomic mass is 10.1. The topological polar surface area (TPSA) is 35.2 Å². The van der Waals surface area contributed by atoms with Crippen LogP contribution in [0.5, 0.6) is 0 Å². The van der Waals surface area contributed by atoms with E-state index < -0.39 is 0 Å². The fourth-order valence-electron chi connectivity index (χ4n) is 1.33. The van der Waals surface area contributed by atoms with Gasteiger partial charge in [-0.1, -0.05) is 23.7 Å². The minimum Gasteiger partial charge on any atom is -0.379 e. The Hall–Kier alpha value is -0.570. The average Bonchev–Trinajstić information content (AvgIpc) is 2.17. The van der Waals surface area contributed by atoms with Gasteiger partial charge in [0, 0.05) is 17.7 Å². The fourth-order valence-corrected chi connectivity index (χ4v) is 1.53. The summed E-state index contributed by atoms with van der Waals surface area (Å²) >= 11 is 5.89. The third-order valence-corrected chi connectivity index (χ3v) is 2.39. The molecule has 0 radical (unpaired) electrons. The van der Waals surface area contributed by atoms with Crippen molar-refractivity contribution in [2.45, 2.75) is 32.4 Å². The summed E-state index contributed by atoms with van der Waals surface area (Å²) in [5.74, 6) is 0. The third kappa shape index (κ3) is 4.65. The van der Waals surface area contributed by atoms with Gasteiger partial charge in [0.15, 0.2) is 0 Å². The molecule has 2 N–H and O–H groups in total. The molecule has 0 fully saturated rings. The summed E-state index contributed by atoms with van der Waals surface area (Å²) in [6.45, 7) is 4.72. The van der Waals surface area contributed by atoms with Gasteiger partial charge in [-0.15, -0.1) is 0 Å². The Morgan fingerprint density at radius 1 is 1.40 bits per heavy atom. The van der Waals surface area contributed by atoms with Gasteiger partial charge < -0.3 is 10.5 Å². The fraction of sp³-hybridized carbons (Fsp3) is 0.500. The Bertz CT molecular complexity index is 301. The summed E-state index contributed by atoms with van der Waals surface area (Å²) in [5, 5.41) is 0.729. The number of hydrogen-bond donors (Lipinski definition) is 1. The van der Waals surface area contributed by atoms with E-state index in [1.165, 1.54) is 0 Å². The van der Waals surface area contributed by atoms with E-state index >= 15 is 0 Å². The normalized spacial score (nSPS) is 13.1. The molecule has 84 valence electrons. The van der Waals surface area contributed by atoms with Gasteiger partial charge in [-0.25, -0.2) is 0 Å². The minimum atomic E-state index is 0.00227. The van der Waals surface area contributed by atoms with E-state index in [1.54, 1.807) is 0 Å². The first kappa shape index (κ1) is 12.5. The number of rotatable bonds is 5. The van der Waals surface area contributed by atoms with Crippen molar-refractivity contribution in [2.24, 2.45) is 5.73 Å². The van der Waals surface area contributed by atoms with Crippen LogP contribution in [0.4, 0.5) is 0 Å². The molecule has 1 unspecified atom stereocenters. The van der Waals surface area contributed by atoms with Crippen LogP contribution < -0.4 is 5.73 Å². The van der Waals surface area contributed by atoms with E-state index in [0.717, 1.165) is 17.0 Å². The molecule has 15 heavy (non-hydrogen) atoms. The van der Waals surface area contributed by atoms with Crippen LogP contribution in [-0.2, 0) is 4.74 Å². The molecular weight excluding hydrogens is 210 g/mol. The molecule has 0 aliphatic carbocycles. The maximum Gasteiger partial charge on any atom is 0.0518 e. The SMILES string of the molecule is CC(C)OCCC(N)c1cccc(Cl)c1. The molecule has 0 bridgehead atoms. The molecule has 0 aliphatic heterocycles.